The van der Waals surface area contributed by atoms with Crippen LogP contribution in [0.15, 0.2) is 90.0 Å². The molecule has 1 aliphatic heterocycles. The van der Waals surface area contributed by atoms with Crippen molar-refractivity contribution in [2.24, 2.45) is 0 Å². The highest BCUT2D eigenvalue weighted by atomic mass is 35.5. The van der Waals surface area contributed by atoms with Gasteiger partial charge in [-0.2, -0.15) is 0 Å². The normalized spacial score (nSPS) is 15.3. The number of thioether (sulfide) groups is 1. The molecule has 4 nitrogen and oxygen atoms in total. The number of fused-ring (bicyclic) bond motifs is 1. The van der Waals surface area contributed by atoms with Crippen LogP contribution >= 0.6 is 23.4 Å². The zero-order chi connectivity index (χ0) is 22.1. The minimum Gasteiger partial charge on any atom is -0.342 e. The first-order valence-electron chi connectivity index (χ1n) is 10.2. The predicted molar refractivity (Wildman–Crippen MR) is 130 cm³/mol. The second-order valence-corrected chi connectivity index (χ2v) is 9.04. The van der Waals surface area contributed by atoms with Gasteiger partial charge in [-0.3, -0.25) is 14.5 Å². The van der Waals surface area contributed by atoms with Crippen molar-refractivity contribution in [3.63, 3.8) is 0 Å². The molecule has 32 heavy (non-hydrogen) atoms. The van der Waals surface area contributed by atoms with Crippen LogP contribution in [0.5, 0.6) is 0 Å². The van der Waals surface area contributed by atoms with Crippen LogP contribution in [0.1, 0.15) is 16.7 Å². The molecule has 2 amide bonds. The van der Waals surface area contributed by atoms with E-state index in [1.165, 1.54) is 10.5 Å². The molecular weight excluding hydrogens is 440 g/mol. The molecule has 6 heteroatoms. The lowest BCUT2D eigenvalue weighted by molar-refractivity contribution is -0.123. The van der Waals surface area contributed by atoms with Crippen LogP contribution < -0.4 is 0 Å². The third-order valence-corrected chi connectivity index (χ3v) is 6.55. The number of amides is 2. The number of benzene rings is 3. The predicted octanol–water partition coefficient (Wildman–Crippen LogP) is 6.58. The highest BCUT2D eigenvalue weighted by Gasteiger charge is 2.35. The average Bonchev–Trinajstić information content (AvgIpc) is 3.27. The number of carbonyl (C=O) groups excluding carboxylic acids is 2. The number of rotatable bonds is 5. The van der Waals surface area contributed by atoms with Gasteiger partial charge in [-0.15, -0.1) is 0 Å². The SMILES string of the molecule is O=C1S/C(=C\c2cn(Cc3ccccc3)c3ccccc23)C(=O)N1Cc1cccc(Cl)c1. The Morgan fingerprint density at radius 3 is 2.41 bits per heavy atom. The molecule has 1 fully saturated rings. The summed E-state index contributed by atoms with van der Waals surface area (Å²) in [7, 11) is 0. The summed E-state index contributed by atoms with van der Waals surface area (Å²) in [6.45, 7) is 0.934. The zero-order valence-corrected chi connectivity index (χ0v) is 18.6. The van der Waals surface area contributed by atoms with Crippen LogP contribution in [0.3, 0.4) is 0 Å². The van der Waals surface area contributed by atoms with E-state index in [4.69, 9.17) is 11.6 Å². The fourth-order valence-corrected chi connectivity index (χ4v) is 4.94. The second kappa shape index (κ2) is 8.69. The highest BCUT2D eigenvalue weighted by Crippen LogP contribution is 2.35. The van der Waals surface area contributed by atoms with Gasteiger partial charge in [0, 0.05) is 34.2 Å². The van der Waals surface area contributed by atoms with Crippen LogP contribution in [0.2, 0.25) is 5.02 Å². The Kier molecular flexibility index (Phi) is 5.60. The Labute approximate surface area is 195 Å². The summed E-state index contributed by atoms with van der Waals surface area (Å²) in [5, 5.41) is 1.36. The summed E-state index contributed by atoms with van der Waals surface area (Å²) in [4.78, 5) is 27.3. The van der Waals surface area contributed by atoms with Crippen molar-refractivity contribution in [2.45, 2.75) is 13.1 Å². The van der Waals surface area contributed by atoms with E-state index in [2.05, 4.69) is 22.8 Å². The number of hydrogen-bond donors (Lipinski definition) is 0. The number of aromatic nitrogens is 1. The molecular formula is C26H19ClN2O2S. The van der Waals surface area contributed by atoms with Gasteiger partial charge in [0.15, 0.2) is 0 Å². The summed E-state index contributed by atoms with van der Waals surface area (Å²) in [5.41, 5.74) is 4.02. The number of para-hydroxylation sites is 1. The molecule has 5 rings (SSSR count). The summed E-state index contributed by atoms with van der Waals surface area (Å²) in [5.74, 6) is -0.278. The summed E-state index contributed by atoms with van der Waals surface area (Å²) in [6, 6.07) is 25.5. The Morgan fingerprint density at radius 2 is 1.59 bits per heavy atom. The first kappa shape index (κ1) is 20.6. The monoisotopic (exact) mass is 458 g/mol. The lowest BCUT2D eigenvalue weighted by Gasteiger charge is -2.12. The van der Waals surface area contributed by atoms with E-state index in [1.807, 2.05) is 60.8 Å². The maximum absolute atomic E-state index is 13.0. The van der Waals surface area contributed by atoms with E-state index < -0.39 is 0 Å². The summed E-state index contributed by atoms with van der Waals surface area (Å²) >= 11 is 7.03. The Bertz CT molecular complexity index is 1360. The van der Waals surface area contributed by atoms with Crippen LogP contribution in [0.4, 0.5) is 4.79 Å². The number of nitrogens with zero attached hydrogens (tertiary/aromatic N) is 2. The van der Waals surface area contributed by atoms with Crippen LogP contribution in [-0.4, -0.2) is 20.6 Å². The zero-order valence-electron chi connectivity index (χ0n) is 17.1. The molecule has 0 N–H and O–H groups in total. The first-order valence-corrected chi connectivity index (χ1v) is 11.4. The topological polar surface area (TPSA) is 42.3 Å². The van der Waals surface area contributed by atoms with Crippen molar-refractivity contribution in [3.8, 4) is 0 Å². The van der Waals surface area contributed by atoms with Gasteiger partial charge >= 0.3 is 0 Å². The summed E-state index contributed by atoms with van der Waals surface area (Å²) < 4.78 is 2.17. The van der Waals surface area contributed by atoms with E-state index in [0.717, 1.165) is 40.3 Å². The minimum absolute atomic E-state index is 0.207. The molecule has 1 aliphatic rings. The molecule has 0 unspecified atom stereocenters. The molecule has 3 aromatic carbocycles. The lowest BCUT2D eigenvalue weighted by Crippen LogP contribution is -2.27. The Balaban J connectivity index is 1.46. The summed E-state index contributed by atoms with van der Waals surface area (Å²) in [6.07, 6.45) is 3.87. The highest BCUT2D eigenvalue weighted by molar-refractivity contribution is 8.18. The number of halogens is 1. The fourth-order valence-electron chi connectivity index (χ4n) is 3.90. The molecule has 0 bridgehead atoms. The lowest BCUT2D eigenvalue weighted by atomic mass is 10.1. The molecule has 0 aliphatic carbocycles. The van der Waals surface area contributed by atoms with E-state index in [1.54, 1.807) is 12.1 Å². The number of hydrogen-bond acceptors (Lipinski definition) is 3. The standard InChI is InChI=1S/C26H19ClN2O2S/c27-21-10-6-9-19(13-21)16-29-25(30)24(32-26(29)31)14-20-17-28(15-18-7-2-1-3-8-18)23-12-5-4-11-22(20)23/h1-14,17H,15-16H2/b24-14-. The second-order valence-electron chi connectivity index (χ2n) is 7.61. The molecule has 0 atom stereocenters. The van der Waals surface area contributed by atoms with Crippen LogP contribution in [-0.2, 0) is 17.9 Å². The minimum atomic E-state index is -0.278. The van der Waals surface area contributed by atoms with E-state index in [0.29, 0.717) is 9.93 Å². The van der Waals surface area contributed by atoms with Crippen molar-refractivity contribution in [1.29, 1.82) is 0 Å². The van der Waals surface area contributed by atoms with Gasteiger partial charge in [0.05, 0.1) is 11.4 Å². The van der Waals surface area contributed by atoms with Gasteiger partial charge in [-0.05, 0) is 47.2 Å². The molecule has 158 valence electrons. The van der Waals surface area contributed by atoms with Crippen molar-refractivity contribution in [1.82, 2.24) is 9.47 Å². The van der Waals surface area contributed by atoms with Crippen molar-refractivity contribution >= 4 is 51.5 Å². The van der Waals surface area contributed by atoms with Gasteiger partial charge in [0.1, 0.15) is 0 Å². The molecule has 0 spiro atoms. The molecule has 0 radical (unpaired) electrons. The molecule has 1 saturated heterocycles. The van der Waals surface area contributed by atoms with Crippen molar-refractivity contribution < 1.29 is 9.59 Å². The number of carbonyl (C=O) groups is 2. The van der Waals surface area contributed by atoms with Gasteiger partial charge in [-0.1, -0.05) is 72.3 Å². The Hall–Kier alpha value is -3.28. The van der Waals surface area contributed by atoms with E-state index >= 15 is 0 Å². The first-order chi connectivity index (χ1) is 15.6. The molecule has 1 aromatic heterocycles. The third kappa shape index (κ3) is 4.09. The van der Waals surface area contributed by atoms with Crippen LogP contribution in [0.25, 0.3) is 17.0 Å². The quantitative estimate of drug-likeness (QED) is 0.317. The number of imide groups is 1. The maximum atomic E-state index is 13.0. The molecule has 2 heterocycles. The van der Waals surface area contributed by atoms with Crippen molar-refractivity contribution in [3.05, 3.63) is 112 Å². The average molecular weight is 459 g/mol. The maximum Gasteiger partial charge on any atom is 0.293 e. The smallest absolute Gasteiger partial charge is 0.293 e. The van der Waals surface area contributed by atoms with Gasteiger partial charge in [0.25, 0.3) is 11.1 Å². The Morgan fingerprint density at radius 1 is 0.844 bits per heavy atom. The fraction of sp³-hybridized carbons (Fsp3) is 0.0769. The van der Waals surface area contributed by atoms with Gasteiger partial charge in [0.2, 0.25) is 0 Å². The van der Waals surface area contributed by atoms with E-state index in [-0.39, 0.29) is 17.7 Å². The van der Waals surface area contributed by atoms with Gasteiger partial charge in [-0.25, -0.2) is 0 Å². The van der Waals surface area contributed by atoms with E-state index in [9.17, 15) is 9.59 Å². The molecule has 0 saturated carbocycles. The largest absolute Gasteiger partial charge is 0.342 e. The third-order valence-electron chi connectivity index (χ3n) is 5.41. The van der Waals surface area contributed by atoms with Crippen molar-refractivity contribution in [2.75, 3.05) is 0 Å². The molecule has 4 aromatic rings. The van der Waals surface area contributed by atoms with Crippen LogP contribution in [0, 0.1) is 0 Å². The van der Waals surface area contributed by atoms with Gasteiger partial charge < -0.3 is 4.57 Å².